The summed E-state index contributed by atoms with van der Waals surface area (Å²) in [5.74, 6) is -2.22. The number of phenols is 2. The number of nitrogens with zero attached hydrogens (tertiary/aromatic N) is 4. The van der Waals surface area contributed by atoms with Crippen LogP contribution >= 0.6 is 0 Å². The molecule has 11 heteroatoms. The van der Waals surface area contributed by atoms with Crippen molar-refractivity contribution in [2.45, 2.75) is 32.4 Å². The summed E-state index contributed by atoms with van der Waals surface area (Å²) in [5.41, 5.74) is 1.98. The molecular formula is C33H38MnN4O6+2. The molecule has 1 unspecified atom stereocenters. The maximum atomic E-state index is 12.0. The molecule has 2 aromatic heterocycles. The van der Waals surface area contributed by atoms with Gasteiger partial charge in [0.2, 0.25) is 0 Å². The number of aromatic nitrogens is 2. The van der Waals surface area contributed by atoms with Crippen molar-refractivity contribution in [3.63, 3.8) is 0 Å². The first-order valence-electron chi connectivity index (χ1n) is 14.1. The molecule has 0 aliphatic carbocycles. The molecule has 0 fully saturated rings. The zero-order chi connectivity index (χ0) is 31.2. The Hall–Kier alpha value is -4.28. The minimum atomic E-state index is -1.09. The van der Waals surface area contributed by atoms with Crippen LogP contribution in [0.25, 0.3) is 0 Å². The number of rotatable bonds is 13. The van der Waals surface area contributed by atoms with Crippen molar-refractivity contribution < 1.29 is 47.1 Å². The van der Waals surface area contributed by atoms with E-state index in [0.717, 1.165) is 0 Å². The van der Waals surface area contributed by atoms with E-state index >= 15 is 0 Å². The standard InChI is InChI=1S/C30H30N4O6.C3H8.Mn/c35-25-13-3-1-9-21(25)29(23-11-5-7-15-31-23)33(19-27(37)38)17-18-34(20-28(39)40)30(24-12-6-8-16-32-24)22-10-2-4-14-26(22)36;1-3-2;/h1-16,29-30,35-36H,17-20H2,(H,37,38)(H,39,40);3H2,1-2H3;/q;;+2/t29-,30?;;/m0../s1. The molecule has 0 saturated carbocycles. The number of carboxylic acids is 2. The molecule has 0 bridgehead atoms. The predicted octanol–water partition coefficient (Wildman–Crippen LogP) is 4.95. The minimum absolute atomic E-state index is 0. The van der Waals surface area contributed by atoms with Gasteiger partial charge in [-0.1, -0.05) is 68.8 Å². The van der Waals surface area contributed by atoms with Crippen LogP contribution in [0.5, 0.6) is 11.5 Å². The van der Waals surface area contributed by atoms with Crippen molar-refractivity contribution in [3.05, 3.63) is 120 Å². The molecule has 10 nitrogen and oxygen atoms in total. The number of aliphatic carboxylic acids is 2. The van der Waals surface area contributed by atoms with Gasteiger partial charge in [-0.15, -0.1) is 0 Å². The van der Waals surface area contributed by atoms with Crippen molar-refractivity contribution >= 4 is 11.9 Å². The Morgan fingerprint density at radius 3 is 1.27 bits per heavy atom. The van der Waals surface area contributed by atoms with E-state index < -0.39 is 37.1 Å². The predicted molar refractivity (Wildman–Crippen MR) is 163 cm³/mol. The number of carbonyl (C=O) groups is 2. The van der Waals surface area contributed by atoms with E-state index in [1.54, 1.807) is 95.0 Å². The van der Waals surface area contributed by atoms with Gasteiger partial charge in [0.25, 0.3) is 0 Å². The van der Waals surface area contributed by atoms with Crippen molar-refractivity contribution in [1.29, 1.82) is 0 Å². The molecule has 0 aliphatic heterocycles. The molecule has 4 aromatic rings. The topological polar surface area (TPSA) is 147 Å². The molecule has 0 amide bonds. The molecular weight excluding hydrogens is 603 g/mol. The van der Waals surface area contributed by atoms with Crippen molar-refractivity contribution in [2.75, 3.05) is 26.2 Å². The number of para-hydroxylation sites is 2. The fourth-order valence-corrected chi connectivity index (χ4v) is 4.80. The second kappa shape index (κ2) is 18.4. The molecule has 4 rings (SSSR count). The van der Waals surface area contributed by atoms with Gasteiger partial charge in [-0.05, 0) is 36.4 Å². The van der Waals surface area contributed by atoms with E-state index in [4.69, 9.17) is 0 Å². The Bertz CT molecular complexity index is 1340. The van der Waals surface area contributed by atoms with Crippen molar-refractivity contribution in [2.24, 2.45) is 0 Å². The summed E-state index contributed by atoms with van der Waals surface area (Å²) >= 11 is 0. The first-order valence-corrected chi connectivity index (χ1v) is 14.1. The van der Waals surface area contributed by atoms with Gasteiger partial charge in [0, 0.05) is 36.6 Å². The van der Waals surface area contributed by atoms with E-state index in [1.807, 2.05) is 0 Å². The molecule has 0 saturated heterocycles. The van der Waals surface area contributed by atoms with Crippen LogP contribution in [0.15, 0.2) is 97.3 Å². The third-order valence-electron chi connectivity index (χ3n) is 6.48. The first kappa shape index (κ1) is 35.9. The van der Waals surface area contributed by atoms with Crippen LogP contribution in [-0.2, 0) is 26.7 Å². The van der Waals surface area contributed by atoms with Crippen LogP contribution in [0.4, 0.5) is 0 Å². The maximum Gasteiger partial charge on any atom is 2.00 e. The largest absolute Gasteiger partial charge is 2.00 e. The Labute approximate surface area is 268 Å². The number of pyridine rings is 2. The van der Waals surface area contributed by atoms with E-state index in [1.165, 1.54) is 18.6 Å². The maximum absolute atomic E-state index is 12.0. The summed E-state index contributed by atoms with van der Waals surface area (Å²) in [4.78, 5) is 36.2. The summed E-state index contributed by atoms with van der Waals surface area (Å²) in [6.45, 7) is 3.63. The van der Waals surface area contributed by atoms with E-state index in [0.29, 0.717) is 22.5 Å². The van der Waals surface area contributed by atoms with Gasteiger partial charge in [0.15, 0.2) is 0 Å². The van der Waals surface area contributed by atoms with Crippen LogP contribution in [-0.4, -0.2) is 78.3 Å². The fourth-order valence-electron chi connectivity index (χ4n) is 4.80. The summed E-state index contributed by atoms with van der Waals surface area (Å²) in [5, 5.41) is 41.1. The van der Waals surface area contributed by atoms with E-state index in [9.17, 15) is 30.0 Å². The fraction of sp³-hybridized carbons (Fsp3) is 0.273. The van der Waals surface area contributed by atoms with Gasteiger partial charge in [-0.25, -0.2) is 0 Å². The molecule has 44 heavy (non-hydrogen) atoms. The van der Waals surface area contributed by atoms with Crippen molar-refractivity contribution in [1.82, 2.24) is 19.8 Å². The van der Waals surface area contributed by atoms with Crippen LogP contribution < -0.4 is 0 Å². The third kappa shape index (κ3) is 10.2. The van der Waals surface area contributed by atoms with E-state index in [2.05, 4.69) is 23.8 Å². The van der Waals surface area contributed by atoms with Crippen LogP contribution in [0.2, 0.25) is 0 Å². The summed E-state index contributed by atoms with van der Waals surface area (Å²) in [6.07, 6.45) is 4.43. The van der Waals surface area contributed by atoms with E-state index in [-0.39, 0.29) is 41.7 Å². The smallest absolute Gasteiger partial charge is 0.508 e. The number of carboxylic acid groups (broad SMARTS) is 2. The second-order valence-corrected chi connectivity index (χ2v) is 9.87. The Kier molecular flexibility index (Phi) is 15.0. The number of phenolic OH excluding ortho intramolecular Hbond substituents is 2. The molecule has 2 aromatic carbocycles. The van der Waals surface area contributed by atoms with Gasteiger partial charge < -0.3 is 20.4 Å². The van der Waals surface area contributed by atoms with Gasteiger partial charge >= 0.3 is 29.0 Å². The molecule has 1 radical (unpaired) electrons. The minimum Gasteiger partial charge on any atom is -0.508 e. The Balaban J connectivity index is 0.00000162. The number of benzene rings is 2. The zero-order valence-electron chi connectivity index (χ0n) is 24.7. The Morgan fingerprint density at radius 2 is 0.977 bits per heavy atom. The quantitative estimate of drug-likeness (QED) is 0.148. The van der Waals surface area contributed by atoms with Gasteiger partial charge in [-0.3, -0.25) is 29.4 Å². The molecule has 4 N–H and O–H groups in total. The molecule has 231 valence electrons. The first-order chi connectivity index (χ1) is 20.8. The average Bonchev–Trinajstić information content (AvgIpc) is 2.99. The number of hydrogen-bond acceptors (Lipinski definition) is 8. The Morgan fingerprint density at radius 1 is 0.636 bits per heavy atom. The van der Waals surface area contributed by atoms with Gasteiger partial charge in [0.05, 0.1) is 36.6 Å². The summed E-state index contributed by atoms with van der Waals surface area (Å²) < 4.78 is 0. The van der Waals surface area contributed by atoms with Crippen LogP contribution in [0, 0.1) is 0 Å². The molecule has 2 heterocycles. The normalized spacial score (nSPS) is 12.0. The van der Waals surface area contributed by atoms with Crippen LogP contribution in [0.1, 0.15) is 54.9 Å². The van der Waals surface area contributed by atoms with Crippen LogP contribution in [0.3, 0.4) is 0 Å². The monoisotopic (exact) mass is 641 g/mol. The zero-order valence-corrected chi connectivity index (χ0v) is 25.9. The molecule has 0 aliphatic rings. The van der Waals surface area contributed by atoms with Gasteiger partial charge in [-0.2, -0.15) is 0 Å². The molecule has 0 spiro atoms. The van der Waals surface area contributed by atoms with Gasteiger partial charge in [0.1, 0.15) is 11.5 Å². The summed E-state index contributed by atoms with van der Waals surface area (Å²) in [6, 6.07) is 22.4. The average molecular weight is 642 g/mol. The SMILES string of the molecule is CCC.O=C(O)CN(CCN(CC(=O)O)[C@H](c1ccccn1)c1ccccc1O)C(c1ccccn1)c1ccccc1O.[Mn+2]. The third-order valence-corrected chi connectivity index (χ3v) is 6.48. The number of aromatic hydroxyl groups is 2. The number of hydrogen-bond donors (Lipinski definition) is 4. The van der Waals surface area contributed by atoms with Crippen molar-refractivity contribution in [3.8, 4) is 11.5 Å². The summed E-state index contributed by atoms with van der Waals surface area (Å²) in [7, 11) is 0. The molecule has 2 atom stereocenters. The second-order valence-electron chi connectivity index (χ2n) is 9.87.